The first-order valence-corrected chi connectivity index (χ1v) is 8.27. The Labute approximate surface area is 140 Å². The van der Waals surface area contributed by atoms with Crippen molar-refractivity contribution < 1.29 is 13.9 Å². The number of nitrogens with zero attached hydrogens (tertiary/aromatic N) is 2. The van der Waals surface area contributed by atoms with Gasteiger partial charge in [0.05, 0.1) is 12.7 Å². The van der Waals surface area contributed by atoms with Gasteiger partial charge in [0.25, 0.3) is 5.91 Å². The Kier molecular flexibility index (Phi) is 4.83. The molecule has 2 aromatic rings. The summed E-state index contributed by atoms with van der Waals surface area (Å²) >= 11 is 0. The Morgan fingerprint density at radius 3 is 2.96 bits per heavy atom. The molecule has 0 radical (unpaired) electrons. The lowest BCUT2D eigenvalue weighted by molar-refractivity contribution is 0.0920. The standard InChI is InChI=1S/C18H22FN3O2/c1-12(24-15-8-4-7-14(19)9-15)10-20-18(23)17-16(11-21-22(17)2)13-5-3-6-13/h4,7-9,11-13H,3,5-6,10H2,1-2H3,(H,20,23). The zero-order valence-electron chi connectivity index (χ0n) is 14.0. The van der Waals surface area contributed by atoms with Crippen LogP contribution in [0.2, 0.25) is 0 Å². The average Bonchev–Trinajstić information content (AvgIpc) is 2.84. The van der Waals surface area contributed by atoms with Crippen LogP contribution in [-0.2, 0) is 7.05 Å². The number of aryl methyl sites for hydroxylation is 1. The molecule has 5 nitrogen and oxygen atoms in total. The van der Waals surface area contributed by atoms with Gasteiger partial charge in [0, 0.05) is 18.7 Å². The minimum atomic E-state index is -0.344. The monoisotopic (exact) mass is 331 g/mol. The summed E-state index contributed by atoms with van der Waals surface area (Å²) < 4.78 is 20.4. The van der Waals surface area contributed by atoms with Gasteiger partial charge in [0.15, 0.2) is 0 Å². The molecule has 0 spiro atoms. The molecule has 0 saturated heterocycles. The minimum absolute atomic E-state index is 0.147. The highest BCUT2D eigenvalue weighted by atomic mass is 19.1. The summed E-state index contributed by atoms with van der Waals surface area (Å²) in [5, 5.41) is 7.11. The molecule has 1 N–H and O–H groups in total. The van der Waals surface area contributed by atoms with Gasteiger partial charge >= 0.3 is 0 Å². The van der Waals surface area contributed by atoms with Crippen molar-refractivity contribution in [1.29, 1.82) is 0 Å². The van der Waals surface area contributed by atoms with E-state index in [0.717, 1.165) is 18.4 Å². The molecule has 1 unspecified atom stereocenters. The second-order valence-corrected chi connectivity index (χ2v) is 6.30. The van der Waals surface area contributed by atoms with Crippen molar-refractivity contribution in [3.05, 3.63) is 47.5 Å². The Hall–Kier alpha value is -2.37. The number of benzene rings is 1. The van der Waals surface area contributed by atoms with E-state index >= 15 is 0 Å². The van der Waals surface area contributed by atoms with Gasteiger partial charge in [-0.05, 0) is 37.8 Å². The number of halogens is 1. The fourth-order valence-electron chi connectivity index (χ4n) is 2.89. The summed E-state index contributed by atoms with van der Waals surface area (Å²) in [6.45, 7) is 2.17. The molecule has 1 atom stereocenters. The normalized spacial score (nSPS) is 15.6. The molecular weight excluding hydrogens is 309 g/mol. The van der Waals surface area contributed by atoms with E-state index in [9.17, 15) is 9.18 Å². The van der Waals surface area contributed by atoms with E-state index in [4.69, 9.17) is 4.74 Å². The lowest BCUT2D eigenvalue weighted by Gasteiger charge is -2.25. The Morgan fingerprint density at radius 1 is 1.50 bits per heavy atom. The van der Waals surface area contributed by atoms with Gasteiger partial charge in [0.1, 0.15) is 23.4 Å². The van der Waals surface area contributed by atoms with Gasteiger partial charge in [-0.2, -0.15) is 5.10 Å². The van der Waals surface area contributed by atoms with E-state index in [1.807, 2.05) is 6.92 Å². The Bertz CT molecular complexity index is 725. The van der Waals surface area contributed by atoms with Crippen LogP contribution in [0.25, 0.3) is 0 Å². The van der Waals surface area contributed by atoms with Crippen molar-refractivity contribution in [1.82, 2.24) is 15.1 Å². The van der Waals surface area contributed by atoms with Crippen LogP contribution in [0.5, 0.6) is 5.75 Å². The van der Waals surface area contributed by atoms with Gasteiger partial charge in [-0.1, -0.05) is 12.5 Å². The van der Waals surface area contributed by atoms with Crippen LogP contribution in [-0.4, -0.2) is 28.3 Å². The van der Waals surface area contributed by atoms with E-state index in [1.54, 1.807) is 30.1 Å². The third kappa shape index (κ3) is 3.58. The first-order chi connectivity index (χ1) is 11.5. The summed E-state index contributed by atoms with van der Waals surface area (Å²) in [5.74, 6) is 0.406. The molecule has 24 heavy (non-hydrogen) atoms. The quantitative estimate of drug-likeness (QED) is 0.885. The van der Waals surface area contributed by atoms with Gasteiger partial charge in [-0.15, -0.1) is 0 Å². The molecule has 1 aromatic carbocycles. The molecule has 1 aromatic heterocycles. The summed E-state index contributed by atoms with van der Waals surface area (Å²) in [5.41, 5.74) is 1.65. The molecule has 1 fully saturated rings. The summed E-state index contributed by atoms with van der Waals surface area (Å²) in [6, 6.07) is 5.98. The molecule has 1 aliphatic carbocycles. The molecule has 0 aliphatic heterocycles. The van der Waals surface area contributed by atoms with Crippen LogP contribution in [0, 0.1) is 5.82 Å². The fourth-order valence-corrected chi connectivity index (χ4v) is 2.89. The maximum atomic E-state index is 13.2. The van der Waals surface area contributed by atoms with Crippen LogP contribution in [0.4, 0.5) is 4.39 Å². The zero-order valence-corrected chi connectivity index (χ0v) is 14.0. The van der Waals surface area contributed by atoms with Crippen LogP contribution >= 0.6 is 0 Å². The highest BCUT2D eigenvalue weighted by molar-refractivity contribution is 5.94. The Balaban J connectivity index is 1.58. The largest absolute Gasteiger partial charge is 0.489 e. The van der Waals surface area contributed by atoms with E-state index in [-0.39, 0.29) is 17.8 Å². The SMILES string of the molecule is CC(CNC(=O)c1c(C2CCC2)cnn1C)Oc1cccc(F)c1. The third-order valence-corrected chi connectivity index (χ3v) is 4.41. The van der Waals surface area contributed by atoms with Crippen molar-refractivity contribution in [3.63, 3.8) is 0 Å². The number of hydrogen-bond acceptors (Lipinski definition) is 3. The maximum absolute atomic E-state index is 13.2. The smallest absolute Gasteiger partial charge is 0.269 e. The van der Waals surface area contributed by atoms with E-state index in [2.05, 4.69) is 10.4 Å². The van der Waals surface area contributed by atoms with Gasteiger partial charge in [-0.3, -0.25) is 9.48 Å². The van der Waals surface area contributed by atoms with Crippen molar-refractivity contribution >= 4 is 5.91 Å². The molecular formula is C18H22FN3O2. The number of hydrogen-bond donors (Lipinski definition) is 1. The van der Waals surface area contributed by atoms with Gasteiger partial charge in [-0.25, -0.2) is 4.39 Å². The second kappa shape index (κ2) is 7.03. The molecule has 3 rings (SSSR count). The van der Waals surface area contributed by atoms with Gasteiger partial charge in [0.2, 0.25) is 0 Å². The number of ether oxygens (including phenoxy) is 1. The molecule has 1 saturated carbocycles. The van der Waals surface area contributed by atoms with Gasteiger partial charge < -0.3 is 10.1 Å². The molecule has 0 bridgehead atoms. The zero-order chi connectivity index (χ0) is 17.1. The summed E-state index contributed by atoms with van der Waals surface area (Å²) in [6.07, 6.45) is 4.97. The number of amides is 1. The third-order valence-electron chi connectivity index (χ3n) is 4.41. The molecule has 1 heterocycles. The van der Waals surface area contributed by atoms with E-state index < -0.39 is 0 Å². The number of rotatable bonds is 6. The lowest BCUT2D eigenvalue weighted by Crippen LogP contribution is -2.35. The number of carbonyl (C=O) groups excluding carboxylic acids is 1. The lowest BCUT2D eigenvalue weighted by atomic mass is 9.80. The first-order valence-electron chi connectivity index (χ1n) is 8.27. The van der Waals surface area contributed by atoms with Crippen LogP contribution in [0.1, 0.15) is 48.2 Å². The highest BCUT2D eigenvalue weighted by Gasteiger charge is 2.27. The average molecular weight is 331 g/mol. The molecule has 6 heteroatoms. The second-order valence-electron chi connectivity index (χ2n) is 6.30. The molecule has 1 amide bonds. The van der Waals surface area contributed by atoms with Crippen molar-refractivity contribution in [2.75, 3.05) is 6.54 Å². The first kappa shape index (κ1) is 16.5. The maximum Gasteiger partial charge on any atom is 0.269 e. The molecule has 128 valence electrons. The number of carbonyl (C=O) groups is 1. The minimum Gasteiger partial charge on any atom is -0.489 e. The highest BCUT2D eigenvalue weighted by Crippen LogP contribution is 2.37. The van der Waals surface area contributed by atoms with Crippen LogP contribution in [0.3, 0.4) is 0 Å². The van der Waals surface area contributed by atoms with Crippen molar-refractivity contribution in [2.24, 2.45) is 7.05 Å². The summed E-state index contributed by atoms with van der Waals surface area (Å²) in [7, 11) is 1.78. The van der Waals surface area contributed by atoms with Crippen LogP contribution < -0.4 is 10.1 Å². The predicted molar refractivity (Wildman–Crippen MR) is 88.6 cm³/mol. The Morgan fingerprint density at radius 2 is 2.29 bits per heavy atom. The molecule has 1 aliphatic rings. The van der Waals surface area contributed by atoms with E-state index in [1.165, 1.54) is 18.6 Å². The van der Waals surface area contributed by atoms with Crippen LogP contribution in [0.15, 0.2) is 30.5 Å². The summed E-state index contributed by atoms with van der Waals surface area (Å²) in [4.78, 5) is 12.5. The van der Waals surface area contributed by atoms with Crippen molar-refractivity contribution in [2.45, 2.75) is 38.2 Å². The number of nitrogens with one attached hydrogen (secondary N) is 1. The van der Waals surface area contributed by atoms with Crippen molar-refractivity contribution in [3.8, 4) is 5.75 Å². The fraction of sp³-hybridized carbons (Fsp3) is 0.444. The predicted octanol–water partition coefficient (Wildman–Crippen LogP) is 3.02. The number of aromatic nitrogens is 2. The topological polar surface area (TPSA) is 56.2 Å². The van der Waals surface area contributed by atoms with E-state index in [0.29, 0.717) is 23.9 Å².